The number of rotatable bonds is 13. The summed E-state index contributed by atoms with van der Waals surface area (Å²) < 4.78 is 11.0. The lowest BCUT2D eigenvalue weighted by atomic mass is 10.1. The van der Waals surface area contributed by atoms with Gasteiger partial charge in [-0.3, -0.25) is 9.59 Å². The first-order valence-electron chi connectivity index (χ1n) is 15.4. The van der Waals surface area contributed by atoms with Gasteiger partial charge in [-0.25, -0.2) is 9.97 Å². The molecule has 12 heteroatoms. The van der Waals surface area contributed by atoms with Crippen molar-refractivity contribution in [3.63, 3.8) is 0 Å². The van der Waals surface area contributed by atoms with Gasteiger partial charge in [-0.05, 0) is 72.8 Å². The molecule has 0 bridgehead atoms. The van der Waals surface area contributed by atoms with Crippen LogP contribution in [0.25, 0.3) is 43.6 Å². The molecule has 0 radical (unpaired) electrons. The zero-order chi connectivity index (χ0) is 33.8. The lowest BCUT2D eigenvalue weighted by Crippen LogP contribution is -2.38. The first kappa shape index (κ1) is 32.9. The maximum atomic E-state index is 13.3. The number of aliphatic carboxylic acids is 1. The zero-order valence-corrected chi connectivity index (χ0v) is 27.9. The van der Waals surface area contributed by atoms with Gasteiger partial charge in [0, 0.05) is 64.2 Å². The SMILES string of the molecule is COc1ccc2nc3cc(Cl)ccc3c(NCCN(CCNc3c4ccc(Cl)cc4nc4ccc(OC)cc34)C(=O)CCC(=O)O)c2c1. The number of carbonyl (C=O) groups excluding carboxylic acids is 1. The number of carbonyl (C=O) groups is 2. The number of aromatic nitrogens is 2. The number of nitrogens with one attached hydrogen (secondary N) is 2. The fourth-order valence-corrected chi connectivity index (χ4v) is 6.13. The van der Waals surface area contributed by atoms with Crippen molar-refractivity contribution in [2.75, 3.05) is 51.0 Å². The molecule has 0 unspecified atom stereocenters. The lowest BCUT2D eigenvalue weighted by Gasteiger charge is -2.24. The highest BCUT2D eigenvalue weighted by Gasteiger charge is 2.17. The number of carboxylic acids is 1. The fourth-order valence-electron chi connectivity index (χ4n) is 5.79. The Labute approximate surface area is 286 Å². The van der Waals surface area contributed by atoms with E-state index in [4.69, 9.17) is 42.6 Å². The molecular formula is C36H33Cl2N5O5. The largest absolute Gasteiger partial charge is 0.497 e. The third-order valence-corrected chi connectivity index (χ3v) is 8.63. The molecule has 1 amide bonds. The summed E-state index contributed by atoms with van der Waals surface area (Å²) in [4.78, 5) is 35.9. The van der Waals surface area contributed by atoms with Crippen LogP contribution in [0.2, 0.25) is 10.0 Å². The standard InChI is InChI=1S/C36H33Cl2N5O5/c1-47-23-5-9-29-27(19-23)35(25-7-3-21(37)17-31(25)41-29)39-13-15-43(33(44)11-12-34(45)46)16-14-40-36-26-8-4-22(38)18-32(26)42-30-10-6-24(48-2)20-28(30)36/h3-10,17-20H,11-16H2,1-2H3,(H,39,41)(H,40,42)(H,45,46). The Hall–Kier alpha value is -5.06. The Morgan fingerprint density at radius 3 is 1.58 bits per heavy atom. The van der Waals surface area contributed by atoms with Gasteiger partial charge in [0.1, 0.15) is 11.5 Å². The summed E-state index contributed by atoms with van der Waals surface area (Å²) in [6.45, 7) is 1.43. The minimum Gasteiger partial charge on any atom is -0.497 e. The van der Waals surface area contributed by atoms with Crippen LogP contribution < -0.4 is 20.1 Å². The second-order valence-corrected chi connectivity index (χ2v) is 12.1. The summed E-state index contributed by atoms with van der Waals surface area (Å²) in [6.07, 6.45) is -0.362. The van der Waals surface area contributed by atoms with E-state index in [1.807, 2.05) is 72.8 Å². The molecule has 2 aromatic heterocycles. The number of carboxylic acid groups (broad SMARTS) is 1. The van der Waals surface area contributed by atoms with Crippen molar-refractivity contribution in [2.24, 2.45) is 0 Å². The normalized spacial score (nSPS) is 11.2. The molecule has 0 aliphatic carbocycles. The van der Waals surface area contributed by atoms with Gasteiger partial charge in [0.05, 0.1) is 54.1 Å². The molecule has 0 fully saturated rings. The van der Waals surface area contributed by atoms with E-state index < -0.39 is 5.97 Å². The molecule has 10 nitrogen and oxygen atoms in total. The molecule has 6 aromatic rings. The Morgan fingerprint density at radius 2 is 1.15 bits per heavy atom. The van der Waals surface area contributed by atoms with E-state index >= 15 is 0 Å². The smallest absolute Gasteiger partial charge is 0.303 e. The van der Waals surface area contributed by atoms with Crippen LogP contribution in [0.4, 0.5) is 11.4 Å². The molecule has 0 aliphatic heterocycles. The second-order valence-electron chi connectivity index (χ2n) is 11.2. The van der Waals surface area contributed by atoms with E-state index in [2.05, 4.69) is 10.6 Å². The van der Waals surface area contributed by atoms with Crippen LogP contribution in [-0.4, -0.2) is 72.2 Å². The lowest BCUT2D eigenvalue weighted by molar-refractivity contribution is -0.140. The summed E-state index contributed by atoms with van der Waals surface area (Å²) >= 11 is 12.6. The number of ether oxygens (including phenoxy) is 2. The monoisotopic (exact) mass is 685 g/mol. The van der Waals surface area contributed by atoms with E-state index in [9.17, 15) is 14.7 Å². The average Bonchev–Trinajstić information content (AvgIpc) is 3.08. The number of nitrogens with zero attached hydrogens (tertiary/aromatic N) is 3. The topological polar surface area (TPSA) is 126 Å². The van der Waals surface area contributed by atoms with Crippen LogP contribution in [0.15, 0.2) is 72.8 Å². The van der Waals surface area contributed by atoms with Crippen molar-refractivity contribution >= 4 is 90.1 Å². The van der Waals surface area contributed by atoms with E-state index in [0.29, 0.717) is 47.7 Å². The van der Waals surface area contributed by atoms with Crippen molar-refractivity contribution < 1.29 is 24.2 Å². The van der Waals surface area contributed by atoms with Crippen LogP contribution in [0, 0.1) is 0 Å². The predicted molar refractivity (Wildman–Crippen MR) is 192 cm³/mol. The Kier molecular flexibility index (Phi) is 9.84. The maximum absolute atomic E-state index is 13.3. The molecule has 3 N–H and O–H groups in total. The molecule has 246 valence electrons. The molecule has 0 aliphatic rings. The first-order valence-corrected chi connectivity index (χ1v) is 16.1. The van der Waals surface area contributed by atoms with Gasteiger partial charge in [-0.15, -0.1) is 0 Å². The number of benzene rings is 4. The number of amides is 1. The van der Waals surface area contributed by atoms with E-state index in [1.54, 1.807) is 19.1 Å². The van der Waals surface area contributed by atoms with Crippen LogP contribution in [0.5, 0.6) is 11.5 Å². The number of methoxy groups -OCH3 is 2. The second kappa shape index (κ2) is 14.4. The molecule has 48 heavy (non-hydrogen) atoms. The number of hydrogen-bond donors (Lipinski definition) is 3. The minimum atomic E-state index is -1.02. The van der Waals surface area contributed by atoms with Crippen molar-refractivity contribution in [1.82, 2.24) is 14.9 Å². The highest BCUT2D eigenvalue weighted by atomic mass is 35.5. The molecule has 0 saturated carbocycles. The first-order chi connectivity index (χ1) is 23.2. The Morgan fingerprint density at radius 1 is 0.667 bits per heavy atom. The fraction of sp³-hybridized carbons (Fsp3) is 0.222. The van der Waals surface area contributed by atoms with Crippen molar-refractivity contribution in [1.29, 1.82) is 0 Å². The summed E-state index contributed by atoms with van der Waals surface area (Å²) in [5.41, 5.74) is 4.67. The predicted octanol–water partition coefficient (Wildman–Crippen LogP) is 7.63. The third-order valence-electron chi connectivity index (χ3n) is 8.16. The van der Waals surface area contributed by atoms with Crippen molar-refractivity contribution in [2.45, 2.75) is 12.8 Å². The van der Waals surface area contributed by atoms with Crippen LogP contribution in [0.3, 0.4) is 0 Å². The molecule has 0 saturated heterocycles. The van der Waals surface area contributed by atoms with Gasteiger partial charge in [0.25, 0.3) is 0 Å². The van der Waals surface area contributed by atoms with E-state index in [1.165, 1.54) is 0 Å². The number of halogens is 2. The maximum Gasteiger partial charge on any atom is 0.303 e. The van der Waals surface area contributed by atoms with Gasteiger partial charge in [0.15, 0.2) is 0 Å². The molecule has 2 heterocycles. The zero-order valence-electron chi connectivity index (χ0n) is 26.3. The van der Waals surface area contributed by atoms with Crippen LogP contribution in [0.1, 0.15) is 12.8 Å². The number of pyridine rings is 2. The minimum absolute atomic E-state index is 0.108. The highest BCUT2D eigenvalue weighted by Crippen LogP contribution is 2.35. The van der Waals surface area contributed by atoms with Gasteiger partial charge >= 0.3 is 5.97 Å². The number of hydrogen-bond acceptors (Lipinski definition) is 8. The van der Waals surface area contributed by atoms with Crippen LogP contribution >= 0.6 is 23.2 Å². The van der Waals surface area contributed by atoms with Gasteiger partial charge in [-0.1, -0.05) is 23.2 Å². The van der Waals surface area contributed by atoms with Crippen LogP contribution in [-0.2, 0) is 9.59 Å². The summed E-state index contributed by atoms with van der Waals surface area (Å²) in [5.74, 6) is 0.0996. The van der Waals surface area contributed by atoms with Gasteiger partial charge in [-0.2, -0.15) is 0 Å². The Bertz CT molecular complexity index is 2040. The van der Waals surface area contributed by atoms with Crippen molar-refractivity contribution in [3.8, 4) is 11.5 Å². The molecule has 4 aromatic carbocycles. The van der Waals surface area contributed by atoms with E-state index in [-0.39, 0.29) is 18.7 Å². The molecule has 6 rings (SSSR count). The molecule has 0 spiro atoms. The number of anilines is 2. The highest BCUT2D eigenvalue weighted by molar-refractivity contribution is 6.32. The van der Waals surface area contributed by atoms with Crippen molar-refractivity contribution in [3.05, 3.63) is 82.8 Å². The summed E-state index contributed by atoms with van der Waals surface area (Å²) in [7, 11) is 3.22. The quantitative estimate of drug-likeness (QED) is 0.105. The summed E-state index contributed by atoms with van der Waals surface area (Å²) in [5, 5.41) is 20.9. The van der Waals surface area contributed by atoms with E-state index in [0.717, 1.165) is 55.0 Å². The Balaban J connectivity index is 1.26. The molecule has 0 atom stereocenters. The molecular weight excluding hydrogens is 653 g/mol. The third kappa shape index (κ3) is 7.10. The average molecular weight is 687 g/mol. The summed E-state index contributed by atoms with van der Waals surface area (Å²) in [6, 6.07) is 22.4. The van der Waals surface area contributed by atoms with Gasteiger partial charge < -0.3 is 30.1 Å². The number of fused-ring (bicyclic) bond motifs is 4. The van der Waals surface area contributed by atoms with Gasteiger partial charge in [0.2, 0.25) is 5.91 Å².